The van der Waals surface area contributed by atoms with Gasteiger partial charge < -0.3 is 4.74 Å². The van der Waals surface area contributed by atoms with Gasteiger partial charge in [0.05, 0.1) is 12.3 Å². The van der Waals surface area contributed by atoms with Crippen molar-refractivity contribution in [1.29, 1.82) is 0 Å². The van der Waals surface area contributed by atoms with Crippen LogP contribution in [-0.2, 0) is 4.74 Å². The molecule has 1 amide bonds. The van der Waals surface area contributed by atoms with Gasteiger partial charge >= 0.3 is 6.09 Å². The second kappa shape index (κ2) is 6.71. The normalized spacial score (nSPS) is 9.62. The van der Waals surface area contributed by atoms with Crippen LogP contribution in [0.15, 0.2) is 24.3 Å². The van der Waals surface area contributed by atoms with Crippen LogP contribution in [0.25, 0.3) is 0 Å². The van der Waals surface area contributed by atoms with Crippen LogP contribution >= 0.6 is 0 Å². The Morgan fingerprint density at radius 2 is 2.00 bits per heavy atom. The first-order valence-corrected chi connectivity index (χ1v) is 5.48. The molecule has 0 fully saturated rings. The van der Waals surface area contributed by atoms with E-state index in [0.29, 0.717) is 6.61 Å². The van der Waals surface area contributed by atoms with Gasteiger partial charge in [-0.25, -0.2) is 10.2 Å². The van der Waals surface area contributed by atoms with E-state index in [0.717, 1.165) is 18.5 Å². The molecule has 1 aromatic carbocycles. The van der Waals surface area contributed by atoms with Gasteiger partial charge in [0.15, 0.2) is 0 Å². The number of carbonyl (C=O) groups excluding carboxylic acids is 1. The van der Waals surface area contributed by atoms with Crippen molar-refractivity contribution >= 4 is 11.8 Å². The second-order valence-corrected chi connectivity index (χ2v) is 3.61. The third kappa shape index (κ3) is 4.68. The van der Waals surface area contributed by atoms with E-state index in [1.807, 2.05) is 38.1 Å². The van der Waals surface area contributed by atoms with E-state index in [9.17, 15) is 4.79 Å². The summed E-state index contributed by atoms with van der Waals surface area (Å²) in [5.74, 6) is 0. The number of aryl methyl sites for hydroxylation is 1. The van der Waals surface area contributed by atoms with Gasteiger partial charge in [0.2, 0.25) is 0 Å². The first kappa shape index (κ1) is 12.4. The molecule has 2 N–H and O–H groups in total. The second-order valence-electron chi connectivity index (χ2n) is 3.61. The van der Waals surface area contributed by atoms with Crippen molar-refractivity contribution in [3.05, 3.63) is 29.8 Å². The SMILES string of the molecule is CCCCOC(=O)NNc1ccc(C)cc1. The maximum atomic E-state index is 11.2. The monoisotopic (exact) mass is 222 g/mol. The van der Waals surface area contributed by atoms with Crippen LogP contribution < -0.4 is 10.9 Å². The number of benzene rings is 1. The predicted octanol–water partition coefficient (Wildman–Crippen LogP) is 2.85. The van der Waals surface area contributed by atoms with Crippen molar-refractivity contribution in [3.8, 4) is 0 Å². The summed E-state index contributed by atoms with van der Waals surface area (Å²) in [4.78, 5) is 11.2. The topological polar surface area (TPSA) is 50.4 Å². The molecule has 0 saturated heterocycles. The van der Waals surface area contributed by atoms with Gasteiger partial charge in [-0.15, -0.1) is 0 Å². The van der Waals surface area contributed by atoms with Gasteiger partial charge in [0.1, 0.15) is 0 Å². The highest BCUT2D eigenvalue weighted by atomic mass is 16.6. The lowest BCUT2D eigenvalue weighted by molar-refractivity contribution is 0.147. The fourth-order valence-electron chi connectivity index (χ4n) is 1.11. The molecule has 16 heavy (non-hydrogen) atoms. The highest BCUT2D eigenvalue weighted by molar-refractivity contribution is 5.69. The molecule has 0 aliphatic heterocycles. The lowest BCUT2D eigenvalue weighted by Crippen LogP contribution is -2.30. The maximum absolute atomic E-state index is 11.2. The Kier molecular flexibility index (Phi) is 5.19. The molecule has 0 spiro atoms. The molecular weight excluding hydrogens is 204 g/mol. The molecule has 0 aliphatic carbocycles. The Hall–Kier alpha value is -1.71. The van der Waals surface area contributed by atoms with E-state index < -0.39 is 6.09 Å². The first-order valence-electron chi connectivity index (χ1n) is 5.48. The van der Waals surface area contributed by atoms with Crippen LogP contribution in [0.4, 0.5) is 10.5 Å². The predicted molar refractivity (Wildman–Crippen MR) is 64.2 cm³/mol. The number of rotatable bonds is 5. The summed E-state index contributed by atoms with van der Waals surface area (Å²) in [6.45, 7) is 4.51. The minimum absolute atomic E-state index is 0.450. The highest BCUT2D eigenvalue weighted by Crippen LogP contribution is 2.06. The zero-order chi connectivity index (χ0) is 11.8. The maximum Gasteiger partial charge on any atom is 0.425 e. The number of carbonyl (C=O) groups is 1. The van der Waals surface area contributed by atoms with Crippen molar-refractivity contribution < 1.29 is 9.53 Å². The molecule has 0 heterocycles. The van der Waals surface area contributed by atoms with Gasteiger partial charge in [0.25, 0.3) is 0 Å². The van der Waals surface area contributed by atoms with Gasteiger partial charge in [0, 0.05) is 0 Å². The number of unbranched alkanes of at least 4 members (excludes halogenated alkanes) is 1. The molecule has 1 aromatic rings. The number of hydrogen-bond donors (Lipinski definition) is 2. The largest absolute Gasteiger partial charge is 0.448 e. The summed E-state index contributed by atoms with van der Waals surface area (Å²) in [5.41, 5.74) is 7.25. The summed E-state index contributed by atoms with van der Waals surface area (Å²) in [6.07, 6.45) is 1.45. The Morgan fingerprint density at radius 1 is 1.31 bits per heavy atom. The van der Waals surface area contributed by atoms with Crippen LogP contribution in [0.2, 0.25) is 0 Å². The van der Waals surface area contributed by atoms with Crippen LogP contribution in [0.3, 0.4) is 0 Å². The summed E-state index contributed by atoms with van der Waals surface area (Å²) in [7, 11) is 0. The number of amides is 1. The molecular formula is C12H18N2O2. The molecule has 0 unspecified atom stereocenters. The number of ether oxygens (including phenoxy) is 1. The van der Waals surface area contributed by atoms with Crippen LogP contribution in [0.1, 0.15) is 25.3 Å². The fraction of sp³-hybridized carbons (Fsp3) is 0.417. The number of hydrogen-bond acceptors (Lipinski definition) is 3. The van der Waals surface area contributed by atoms with E-state index in [4.69, 9.17) is 4.74 Å². The molecule has 88 valence electrons. The Labute approximate surface area is 96.0 Å². The van der Waals surface area contributed by atoms with Crippen LogP contribution in [0, 0.1) is 6.92 Å². The minimum Gasteiger partial charge on any atom is -0.448 e. The minimum atomic E-state index is -0.450. The third-order valence-electron chi connectivity index (χ3n) is 2.09. The van der Waals surface area contributed by atoms with Gasteiger partial charge in [-0.3, -0.25) is 5.43 Å². The summed E-state index contributed by atoms with van der Waals surface area (Å²) < 4.78 is 4.92. The molecule has 0 bridgehead atoms. The Morgan fingerprint density at radius 3 is 2.62 bits per heavy atom. The lowest BCUT2D eigenvalue weighted by Gasteiger charge is -2.08. The van der Waals surface area contributed by atoms with Crippen molar-refractivity contribution in [2.75, 3.05) is 12.0 Å². The number of hydrazine groups is 1. The van der Waals surface area contributed by atoms with Crippen LogP contribution in [0.5, 0.6) is 0 Å². The summed E-state index contributed by atoms with van der Waals surface area (Å²) in [6, 6.07) is 7.71. The summed E-state index contributed by atoms with van der Waals surface area (Å²) in [5, 5.41) is 0. The summed E-state index contributed by atoms with van der Waals surface area (Å²) >= 11 is 0. The van der Waals surface area contributed by atoms with E-state index in [1.165, 1.54) is 5.56 Å². The fourth-order valence-corrected chi connectivity index (χ4v) is 1.11. The van der Waals surface area contributed by atoms with Crippen molar-refractivity contribution in [1.82, 2.24) is 5.43 Å². The highest BCUT2D eigenvalue weighted by Gasteiger charge is 1.99. The molecule has 0 atom stereocenters. The molecule has 4 nitrogen and oxygen atoms in total. The van der Waals surface area contributed by atoms with Crippen molar-refractivity contribution in [3.63, 3.8) is 0 Å². The van der Waals surface area contributed by atoms with Gasteiger partial charge in [-0.2, -0.15) is 0 Å². The number of nitrogens with one attached hydrogen (secondary N) is 2. The molecule has 4 heteroatoms. The smallest absolute Gasteiger partial charge is 0.425 e. The molecule has 0 radical (unpaired) electrons. The average Bonchev–Trinajstić information content (AvgIpc) is 2.29. The Balaban J connectivity index is 2.23. The van der Waals surface area contributed by atoms with Crippen molar-refractivity contribution in [2.24, 2.45) is 0 Å². The average molecular weight is 222 g/mol. The van der Waals surface area contributed by atoms with E-state index in [1.54, 1.807) is 0 Å². The quantitative estimate of drug-likeness (QED) is 0.595. The first-order chi connectivity index (χ1) is 7.72. The molecule has 1 rings (SSSR count). The van der Waals surface area contributed by atoms with E-state index in [2.05, 4.69) is 10.9 Å². The standard InChI is InChI=1S/C12H18N2O2/c1-3-4-9-16-12(15)14-13-11-7-5-10(2)6-8-11/h5-8,13H,3-4,9H2,1-2H3,(H,14,15). The van der Waals surface area contributed by atoms with Gasteiger partial charge in [-0.05, 0) is 25.5 Å². The molecule has 0 saturated carbocycles. The Bertz CT molecular complexity index is 322. The zero-order valence-corrected chi connectivity index (χ0v) is 9.75. The third-order valence-corrected chi connectivity index (χ3v) is 2.09. The van der Waals surface area contributed by atoms with E-state index >= 15 is 0 Å². The zero-order valence-electron chi connectivity index (χ0n) is 9.75. The van der Waals surface area contributed by atoms with Crippen LogP contribution in [-0.4, -0.2) is 12.7 Å². The molecule has 0 aromatic heterocycles. The van der Waals surface area contributed by atoms with Crippen molar-refractivity contribution in [2.45, 2.75) is 26.7 Å². The van der Waals surface area contributed by atoms with E-state index in [-0.39, 0.29) is 0 Å². The lowest BCUT2D eigenvalue weighted by atomic mass is 10.2. The molecule has 0 aliphatic rings. The van der Waals surface area contributed by atoms with Gasteiger partial charge in [-0.1, -0.05) is 31.0 Å². The number of anilines is 1.